The molecule has 0 saturated carbocycles. The van der Waals surface area contributed by atoms with E-state index in [9.17, 15) is 9.59 Å². The summed E-state index contributed by atoms with van der Waals surface area (Å²) in [5, 5.41) is 14.1. The minimum Gasteiger partial charge on any atom is -0.481 e. The zero-order valence-corrected chi connectivity index (χ0v) is 11.8. The number of methoxy groups -OCH3 is 1. The van der Waals surface area contributed by atoms with Gasteiger partial charge < -0.3 is 20.5 Å². The van der Waals surface area contributed by atoms with Crippen molar-refractivity contribution in [2.24, 2.45) is 0 Å². The summed E-state index contributed by atoms with van der Waals surface area (Å²) in [6, 6.07) is 6.74. The van der Waals surface area contributed by atoms with Crippen LogP contribution in [0.5, 0.6) is 0 Å². The lowest BCUT2D eigenvalue weighted by Gasteiger charge is -2.17. The summed E-state index contributed by atoms with van der Waals surface area (Å²) in [6.45, 7) is 0.339. The molecular formula is C13H17ClN2O4. The molecule has 1 aromatic rings. The molecule has 1 atom stereocenters. The maximum absolute atomic E-state index is 11.4. The van der Waals surface area contributed by atoms with Gasteiger partial charge in [-0.2, -0.15) is 0 Å². The van der Waals surface area contributed by atoms with Crippen LogP contribution in [0.1, 0.15) is 18.1 Å². The van der Waals surface area contributed by atoms with Gasteiger partial charge in [-0.05, 0) is 17.7 Å². The molecule has 0 spiro atoms. The van der Waals surface area contributed by atoms with Crippen LogP contribution < -0.4 is 10.6 Å². The molecule has 110 valence electrons. The lowest BCUT2D eigenvalue weighted by Crippen LogP contribution is -2.39. The van der Waals surface area contributed by atoms with Gasteiger partial charge in [-0.1, -0.05) is 23.7 Å². The second-order valence-corrected chi connectivity index (χ2v) is 4.50. The van der Waals surface area contributed by atoms with Gasteiger partial charge in [-0.25, -0.2) is 4.79 Å². The third kappa shape index (κ3) is 5.90. The number of aliphatic carboxylic acids is 1. The van der Waals surface area contributed by atoms with Crippen LogP contribution in [-0.2, 0) is 9.53 Å². The smallest absolute Gasteiger partial charge is 0.314 e. The first-order valence-corrected chi connectivity index (χ1v) is 6.42. The second-order valence-electron chi connectivity index (χ2n) is 4.06. The highest BCUT2D eigenvalue weighted by molar-refractivity contribution is 6.30. The summed E-state index contributed by atoms with van der Waals surface area (Å²) in [5.41, 5.74) is 0.853. The zero-order chi connectivity index (χ0) is 15.0. The van der Waals surface area contributed by atoms with Crippen LogP contribution >= 0.6 is 11.6 Å². The minimum atomic E-state index is -0.959. The molecule has 6 nitrogen and oxygen atoms in total. The van der Waals surface area contributed by atoms with Gasteiger partial charge in [-0.3, -0.25) is 4.79 Å². The predicted octanol–water partition coefficient (Wildman–Crippen LogP) is 1.80. The van der Waals surface area contributed by atoms with E-state index >= 15 is 0 Å². The Morgan fingerprint density at radius 2 is 2.15 bits per heavy atom. The number of carboxylic acids is 1. The number of ether oxygens (including phenoxy) is 1. The molecule has 0 heterocycles. The Kier molecular flexibility index (Phi) is 6.83. The van der Waals surface area contributed by atoms with Gasteiger partial charge in [0.15, 0.2) is 0 Å². The van der Waals surface area contributed by atoms with Gasteiger partial charge in [-0.15, -0.1) is 0 Å². The Bertz CT molecular complexity index is 467. The fraction of sp³-hybridized carbons (Fsp3) is 0.385. The highest BCUT2D eigenvalue weighted by Crippen LogP contribution is 2.19. The highest BCUT2D eigenvalue weighted by Gasteiger charge is 2.12. The third-order valence-electron chi connectivity index (χ3n) is 2.58. The molecule has 1 unspecified atom stereocenters. The number of nitrogens with one attached hydrogen (secondary N) is 2. The van der Waals surface area contributed by atoms with E-state index in [0.717, 1.165) is 5.56 Å². The Labute approximate surface area is 122 Å². The standard InChI is InChI=1S/C13H17ClN2O4/c1-20-11(9-3-2-4-10(14)7-9)8-16-13(19)15-6-5-12(17)18/h2-4,7,11H,5-6,8H2,1H3,(H,17,18)(H2,15,16,19). The lowest BCUT2D eigenvalue weighted by molar-refractivity contribution is -0.136. The van der Waals surface area contributed by atoms with E-state index in [1.807, 2.05) is 6.07 Å². The van der Waals surface area contributed by atoms with E-state index in [0.29, 0.717) is 5.02 Å². The molecule has 0 aliphatic heterocycles. The fourth-order valence-electron chi connectivity index (χ4n) is 1.57. The number of hydrogen-bond donors (Lipinski definition) is 3. The molecular weight excluding hydrogens is 284 g/mol. The average Bonchev–Trinajstić information content (AvgIpc) is 2.39. The van der Waals surface area contributed by atoms with Crippen molar-refractivity contribution < 1.29 is 19.4 Å². The number of hydrogen-bond acceptors (Lipinski definition) is 3. The first-order valence-electron chi connectivity index (χ1n) is 6.04. The number of benzene rings is 1. The summed E-state index contributed by atoms with van der Waals surface area (Å²) >= 11 is 5.90. The molecule has 20 heavy (non-hydrogen) atoms. The normalized spacial score (nSPS) is 11.7. The van der Waals surface area contributed by atoms with Gasteiger partial charge in [0.2, 0.25) is 0 Å². The Morgan fingerprint density at radius 1 is 1.40 bits per heavy atom. The van der Waals surface area contributed by atoms with E-state index in [2.05, 4.69) is 10.6 Å². The van der Waals surface area contributed by atoms with Crippen LogP contribution in [0.4, 0.5) is 4.79 Å². The Balaban J connectivity index is 2.41. The lowest BCUT2D eigenvalue weighted by atomic mass is 10.1. The van der Waals surface area contributed by atoms with Crippen LogP contribution in [0.25, 0.3) is 0 Å². The van der Waals surface area contributed by atoms with Gasteiger partial charge in [0, 0.05) is 25.2 Å². The average molecular weight is 301 g/mol. The van der Waals surface area contributed by atoms with Crippen LogP contribution in [0.2, 0.25) is 5.02 Å². The highest BCUT2D eigenvalue weighted by atomic mass is 35.5. The van der Waals surface area contributed by atoms with Crippen molar-refractivity contribution in [2.75, 3.05) is 20.2 Å². The van der Waals surface area contributed by atoms with Crippen LogP contribution in [0.15, 0.2) is 24.3 Å². The van der Waals surface area contributed by atoms with Crippen molar-refractivity contribution in [2.45, 2.75) is 12.5 Å². The minimum absolute atomic E-state index is 0.0793. The number of carbonyl (C=O) groups is 2. The van der Waals surface area contributed by atoms with Gasteiger partial charge >= 0.3 is 12.0 Å². The Hall–Kier alpha value is -1.79. The molecule has 0 bridgehead atoms. The van der Waals surface area contributed by atoms with E-state index in [1.165, 1.54) is 7.11 Å². The zero-order valence-electron chi connectivity index (χ0n) is 11.1. The number of carbonyl (C=O) groups excluding carboxylic acids is 1. The molecule has 2 amide bonds. The van der Waals surface area contributed by atoms with Crippen molar-refractivity contribution >= 4 is 23.6 Å². The molecule has 1 aromatic carbocycles. The summed E-state index contributed by atoms with van der Waals surface area (Å²) in [7, 11) is 1.54. The van der Waals surface area contributed by atoms with Crippen LogP contribution in [0.3, 0.4) is 0 Å². The molecule has 0 aliphatic rings. The maximum atomic E-state index is 11.4. The van der Waals surface area contributed by atoms with Crippen molar-refractivity contribution in [3.63, 3.8) is 0 Å². The molecule has 0 radical (unpaired) electrons. The maximum Gasteiger partial charge on any atom is 0.314 e. The monoisotopic (exact) mass is 300 g/mol. The number of halogens is 1. The van der Waals surface area contributed by atoms with E-state index < -0.39 is 12.0 Å². The van der Waals surface area contributed by atoms with E-state index in [1.54, 1.807) is 18.2 Å². The Morgan fingerprint density at radius 3 is 2.75 bits per heavy atom. The molecule has 0 saturated heterocycles. The summed E-state index contributed by atoms with van der Waals surface area (Å²) < 4.78 is 5.29. The third-order valence-corrected chi connectivity index (χ3v) is 2.81. The molecule has 0 aliphatic carbocycles. The van der Waals surface area contributed by atoms with Crippen LogP contribution in [-0.4, -0.2) is 37.3 Å². The van der Waals surface area contributed by atoms with Gasteiger partial charge in [0.1, 0.15) is 0 Å². The van der Waals surface area contributed by atoms with Gasteiger partial charge in [0.05, 0.1) is 12.5 Å². The largest absolute Gasteiger partial charge is 0.481 e. The SMILES string of the molecule is COC(CNC(=O)NCCC(=O)O)c1cccc(Cl)c1. The summed E-state index contributed by atoms with van der Waals surface area (Å²) in [5.74, 6) is -0.959. The van der Waals surface area contributed by atoms with Crippen LogP contribution in [0, 0.1) is 0 Å². The fourth-order valence-corrected chi connectivity index (χ4v) is 1.77. The van der Waals surface area contributed by atoms with Crippen molar-refractivity contribution in [3.8, 4) is 0 Å². The van der Waals surface area contributed by atoms with Crippen molar-refractivity contribution in [1.29, 1.82) is 0 Å². The summed E-state index contributed by atoms with van der Waals surface area (Å²) in [4.78, 5) is 21.8. The predicted molar refractivity (Wildman–Crippen MR) is 74.9 cm³/mol. The molecule has 1 rings (SSSR count). The van der Waals surface area contributed by atoms with Crippen molar-refractivity contribution in [3.05, 3.63) is 34.9 Å². The first kappa shape index (κ1) is 16.3. The van der Waals surface area contributed by atoms with E-state index in [4.69, 9.17) is 21.4 Å². The van der Waals surface area contributed by atoms with Crippen molar-refractivity contribution in [1.82, 2.24) is 10.6 Å². The second kappa shape index (κ2) is 8.39. The van der Waals surface area contributed by atoms with E-state index in [-0.39, 0.29) is 25.6 Å². The molecule has 3 N–H and O–H groups in total. The first-order chi connectivity index (χ1) is 9.52. The quantitative estimate of drug-likeness (QED) is 0.716. The topological polar surface area (TPSA) is 87.7 Å². The molecule has 0 aromatic heterocycles. The van der Waals surface area contributed by atoms with Gasteiger partial charge in [0.25, 0.3) is 0 Å². The number of carboxylic acid groups (broad SMARTS) is 1. The number of amides is 2. The number of rotatable bonds is 7. The molecule has 0 fully saturated rings. The molecule has 7 heteroatoms. The number of urea groups is 1. The summed E-state index contributed by atoms with van der Waals surface area (Å²) in [6.07, 6.45) is -0.436.